The zero-order chi connectivity index (χ0) is 18.5. The lowest BCUT2D eigenvalue weighted by molar-refractivity contribution is 0.0910. The zero-order valence-corrected chi connectivity index (χ0v) is 15.4. The van der Waals surface area contributed by atoms with Crippen LogP contribution in [0.25, 0.3) is 11.4 Å². The van der Waals surface area contributed by atoms with Gasteiger partial charge in [0.25, 0.3) is 5.91 Å². The number of rotatable bonds is 6. The van der Waals surface area contributed by atoms with Crippen LogP contribution in [0.3, 0.4) is 0 Å². The summed E-state index contributed by atoms with van der Waals surface area (Å²) in [5, 5.41) is 7.67. The fraction of sp³-hybridized carbons (Fsp3) is 0.250. The Morgan fingerprint density at radius 2 is 1.96 bits per heavy atom. The first-order valence-electron chi connectivity index (χ1n) is 8.54. The summed E-state index contributed by atoms with van der Waals surface area (Å²) in [5.41, 5.74) is 1.36. The summed E-state index contributed by atoms with van der Waals surface area (Å²) in [6.07, 6.45) is 0.856. The quantitative estimate of drug-likeness (QED) is 0.670. The standard InChI is InChI=1S/C20H20ClN3O2/c1-3-13(2)17(22-19(25)14-8-5-4-6-9-14)20-23-18(24-26-20)15-10-7-11-16(21)12-15/h4-13,17H,3H2,1-2H3,(H,22,25)/t13-,17-/m0/s1. The summed E-state index contributed by atoms with van der Waals surface area (Å²) in [5.74, 6) is 0.803. The Morgan fingerprint density at radius 1 is 1.19 bits per heavy atom. The van der Waals surface area contributed by atoms with Gasteiger partial charge in [0.05, 0.1) is 0 Å². The topological polar surface area (TPSA) is 68.0 Å². The average Bonchev–Trinajstić information content (AvgIpc) is 3.16. The van der Waals surface area contributed by atoms with Gasteiger partial charge in [-0.3, -0.25) is 4.79 Å². The first kappa shape index (κ1) is 18.1. The molecule has 0 aliphatic rings. The van der Waals surface area contributed by atoms with E-state index >= 15 is 0 Å². The number of halogens is 1. The van der Waals surface area contributed by atoms with Gasteiger partial charge in [-0.25, -0.2) is 0 Å². The van der Waals surface area contributed by atoms with E-state index in [-0.39, 0.29) is 17.9 Å². The Morgan fingerprint density at radius 3 is 2.65 bits per heavy atom. The molecule has 1 N–H and O–H groups in total. The summed E-state index contributed by atoms with van der Waals surface area (Å²) in [6, 6.07) is 16.0. The van der Waals surface area contributed by atoms with Gasteiger partial charge in [-0.15, -0.1) is 0 Å². The number of hydrogen-bond donors (Lipinski definition) is 1. The Hall–Kier alpha value is -2.66. The normalized spacial score (nSPS) is 13.2. The molecule has 0 saturated carbocycles. The number of aromatic nitrogens is 2. The van der Waals surface area contributed by atoms with E-state index in [1.807, 2.05) is 37.3 Å². The largest absolute Gasteiger partial charge is 0.340 e. The van der Waals surface area contributed by atoms with Crippen molar-refractivity contribution in [1.82, 2.24) is 15.5 Å². The predicted octanol–water partition coefficient (Wildman–Crippen LogP) is 4.91. The molecule has 26 heavy (non-hydrogen) atoms. The molecule has 0 aliphatic carbocycles. The number of nitrogens with zero attached hydrogens (tertiary/aromatic N) is 2. The van der Waals surface area contributed by atoms with Crippen LogP contribution in [0.15, 0.2) is 59.1 Å². The Balaban J connectivity index is 1.86. The lowest BCUT2D eigenvalue weighted by atomic mass is 9.98. The number of nitrogens with one attached hydrogen (secondary N) is 1. The summed E-state index contributed by atoms with van der Waals surface area (Å²) in [6.45, 7) is 4.10. The average molecular weight is 370 g/mol. The fourth-order valence-electron chi connectivity index (χ4n) is 2.60. The molecular weight excluding hydrogens is 350 g/mol. The van der Waals surface area contributed by atoms with Crippen LogP contribution in [0.4, 0.5) is 0 Å². The van der Waals surface area contributed by atoms with Crippen molar-refractivity contribution >= 4 is 17.5 Å². The van der Waals surface area contributed by atoms with Crippen molar-refractivity contribution in [3.63, 3.8) is 0 Å². The Labute approximate surface area is 157 Å². The summed E-state index contributed by atoms with van der Waals surface area (Å²) in [4.78, 5) is 17.0. The van der Waals surface area contributed by atoms with Crippen molar-refractivity contribution in [2.24, 2.45) is 5.92 Å². The SMILES string of the molecule is CC[C@H](C)[C@H](NC(=O)c1ccccc1)c1nc(-c2cccc(Cl)c2)no1. The van der Waals surface area contributed by atoms with Gasteiger partial charge in [0.1, 0.15) is 6.04 Å². The van der Waals surface area contributed by atoms with E-state index in [4.69, 9.17) is 16.1 Å². The van der Waals surface area contributed by atoms with Gasteiger partial charge in [-0.2, -0.15) is 4.98 Å². The molecule has 3 aromatic rings. The van der Waals surface area contributed by atoms with E-state index in [1.165, 1.54) is 0 Å². The molecule has 3 rings (SSSR count). The molecule has 2 atom stereocenters. The fourth-order valence-corrected chi connectivity index (χ4v) is 2.79. The van der Waals surface area contributed by atoms with E-state index in [9.17, 15) is 4.79 Å². The highest BCUT2D eigenvalue weighted by molar-refractivity contribution is 6.30. The molecule has 1 amide bonds. The first-order valence-corrected chi connectivity index (χ1v) is 8.91. The zero-order valence-electron chi connectivity index (χ0n) is 14.6. The molecule has 0 unspecified atom stereocenters. The highest BCUT2D eigenvalue weighted by Gasteiger charge is 2.26. The Kier molecular flexibility index (Phi) is 5.68. The van der Waals surface area contributed by atoms with Crippen LogP contribution in [0.5, 0.6) is 0 Å². The third kappa shape index (κ3) is 4.11. The van der Waals surface area contributed by atoms with Crippen LogP contribution < -0.4 is 5.32 Å². The van der Waals surface area contributed by atoms with Gasteiger partial charge in [-0.1, -0.05) is 67.4 Å². The maximum Gasteiger partial charge on any atom is 0.251 e. The number of carbonyl (C=O) groups excluding carboxylic acids is 1. The minimum absolute atomic E-state index is 0.135. The number of carbonyl (C=O) groups is 1. The lowest BCUT2D eigenvalue weighted by Gasteiger charge is -2.20. The highest BCUT2D eigenvalue weighted by Crippen LogP contribution is 2.27. The molecule has 1 heterocycles. The third-order valence-electron chi connectivity index (χ3n) is 4.33. The maximum atomic E-state index is 12.6. The van der Waals surface area contributed by atoms with Crippen molar-refractivity contribution in [3.8, 4) is 11.4 Å². The minimum atomic E-state index is -0.367. The second-order valence-electron chi connectivity index (χ2n) is 6.17. The predicted molar refractivity (Wildman–Crippen MR) is 101 cm³/mol. The molecule has 1 aromatic heterocycles. The first-order chi connectivity index (χ1) is 12.6. The Bertz CT molecular complexity index is 880. The number of amides is 1. The van der Waals surface area contributed by atoms with Gasteiger partial charge >= 0.3 is 0 Å². The van der Waals surface area contributed by atoms with Gasteiger partial charge in [0.2, 0.25) is 11.7 Å². The maximum absolute atomic E-state index is 12.6. The van der Waals surface area contributed by atoms with Crippen LogP contribution in [0, 0.1) is 5.92 Å². The monoisotopic (exact) mass is 369 g/mol. The van der Waals surface area contributed by atoms with Gasteiger partial charge in [0, 0.05) is 16.1 Å². The van der Waals surface area contributed by atoms with Gasteiger partial charge < -0.3 is 9.84 Å². The van der Waals surface area contributed by atoms with Crippen molar-refractivity contribution < 1.29 is 9.32 Å². The molecule has 134 valence electrons. The van der Waals surface area contributed by atoms with Crippen molar-refractivity contribution in [1.29, 1.82) is 0 Å². The molecule has 5 nitrogen and oxygen atoms in total. The van der Waals surface area contributed by atoms with Gasteiger partial charge in [-0.05, 0) is 30.2 Å². The van der Waals surface area contributed by atoms with Crippen LogP contribution >= 0.6 is 11.6 Å². The molecule has 6 heteroatoms. The highest BCUT2D eigenvalue weighted by atomic mass is 35.5. The smallest absolute Gasteiger partial charge is 0.251 e. The molecular formula is C20H20ClN3O2. The molecule has 2 aromatic carbocycles. The van der Waals surface area contributed by atoms with Crippen LogP contribution in [-0.4, -0.2) is 16.0 Å². The summed E-state index contributed by atoms with van der Waals surface area (Å²) < 4.78 is 5.46. The van der Waals surface area contributed by atoms with Gasteiger partial charge in [0.15, 0.2) is 0 Å². The van der Waals surface area contributed by atoms with E-state index in [0.717, 1.165) is 12.0 Å². The molecule has 0 bridgehead atoms. The molecule has 0 aliphatic heterocycles. The van der Waals surface area contributed by atoms with Crippen molar-refractivity contribution in [2.75, 3.05) is 0 Å². The number of benzene rings is 2. The second kappa shape index (κ2) is 8.15. The van der Waals surface area contributed by atoms with E-state index in [2.05, 4.69) is 22.4 Å². The number of hydrogen-bond acceptors (Lipinski definition) is 4. The van der Waals surface area contributed by atoms with Crippen LogP contribution in [0.2, 0.25) is 5.02 Å². The molecule has 0 saturated heterocycles. The lowest BCUT2D eigenvalue weighted by Crippen LogP contribution is -2.32. The molecule has 0 radical (unpaired) electrons. The summed E-state index contributed by atoms with van der Waals surface area (Å²) >= 11 is 6.03. The summed E-state index contributed by atoms with van der Waals surface area (Å²) in [7, 11) is 0. The molecule has 0 spiro atoms. The van der Waals surface area contributed by atoms with E-state index in [1.54, 1.807) is 24.3 Å². The molecule has 0 fully saturated rings. The second-order valence-corrected chi connectivity index (χ2v) is 6.61. The van der Waals surface area contributed by atoms with Crippen LogP contribution in [0.1, 0.15) is 42.6 Å². The van der Waals surface area contributed by atoms with E-state index < -0.39 is 0 Å². The van der Waals surface area contributed by atoms with Crippen LogP contribution in [-0.2, 0) is 0 Å². The third-order valence-corrected chi connectivity index (χ3v) is 4.56. The minimum Gasteiger partial charge on any atom is -0.340 e. The van der Waals surface area contributed by atoms with Crippen molar-refractivity contribution in [3.05, 3.63) is 71.1 Å². The van der Waals surface area contributed by atoms with E-state index in [0.29, 0.717) is 22.3 Å². The van der Waals surface area contributed by atoms with Crippen molar-refractivity contribution in [2.45, 2.75) is 26.3 Å².